The van der Waals surface area contributed by atoms with Gasteiger partial charge in [0, 0.05) is 53.9 Å². The molecule has 2 bridgehead atoms. The minimum absolute atomic E-state index is 0.0263. The maximum atomic E-state index is 13.6. The van der Waals surface area contributed by atoms with E-state index in [-0.39, 0.29) is 30.5 Å². The second-order valence-corrected chi connectivity index (χ2v) is 11.6. The van der Waals surface area contributed by atoms with Crippen molar-refractivity contribution in [3.63, 3.8) is 0 Å². The molecule has 7 nitrogen and oxygen atoms in total. The number of Topliss-reactive ketones (excluding diaryl/α,β-unsaturated/α-hetero) is 1. The summed E-state index contributed by atoms with van der Waals surface area (Å²) in [6.45, 7) is 9.10. The Bertz CT molecular complexity index is 1140. The molecule has 0 aliphatic heterocycles. The van der Waals surface area contributed by atoms with Crippen LogP contribution in [0, 0.1) is 28.1 Å². The third-order valence-electron chi connectivity index (χ3n) is 10.3. The van der Waals surface area contributed by atoms with Crippen LogP contribution in [0.25, 0.3) is 0 Å². The Morgan fingerprint density at radius 1 is 1.11 bits per heavy atom. The average molecular weight is 483 g/mol. The summed E-state index contributed by atoms with van der Waals surface area (Å²) in [5, 5.41) is 23.7. The number of aliphatic hydroxyl groups is 2. The summed E-state index contributed by atoms with van der Waals surface area (Å²) in [7, 11) is 0. The minimum atomic E-state index is -1.68. The van der Waals surface area contributed by atoms with Crippen molar-refractivity contribution < 1.29 is 34.1 Å². The van der Waals surface area contributed by atoms with Gasteiger partial charge in [-0.05, 0) is 24.5 Å². The zero-order valence-electron chi connectivity index (χ0n) is 21.0. The van der Waals surface area contributed by atoms with Crippen LogP contribution in [0.4, 0.5) is 0 Å². The van der Waals surface area contributed by atoms with Crippen LogP contribution in [0.5, 0.6) is 0 Å². The zero-order valence-corrected chi connectivity index (χ0v) is 21.0. The molecule has 0 amide bonds. The molecule has 7 atom stereocenters. The summed E-state index contributed by atoms with van der Waals surface area (Å²) in [6, 6.07) is 8.51. The van der Waals surface area contributed by atoms with Gasteiger partial charge >= 0.3 is 11.9 Å². The Labute approximate surface area is 205 Å². The molecule has 4 aliphatic rings. The van der Waals surface area contributed by atoms with Crippen molar-refractivity contribution in [1.29, 1.82) is 0 Å². The van der Waals surface area contributed by atoms with Gasteiger partial charge in [0.15, 0.2) is 6.10 Å². The van der Waals surface area contributed by atoms with Crippen molar-refractivity contribution >= 4 is 17.7 Å². The predicted octanol–water partition coefficient (Wildman–Crippen LogP) is 3.58. The fourth-order valence-electron chi connectivity index (χ4n) is 8.61. The Morgan fingerprint density at radius 3 is 2.40 bits per heavy atom. The van der Waals surface area contributed by atoms with Crippen molar-refractivity contribution in [2.45, 2.75) is 78.1 Å². The monoisotopic (exact) mass is 482 g/mol. The fraction of sp³-hybridized carbons (Fsp3) is 0.607. The Kier molecular flexibility index (Phi) is 5.18. The maximum Gasteiger partial charge on any atom is 0.338 e. The van der Waals surface area contributed by atoms with Gasteiger partial charge in [-0.3, -0.25) is 9.59 Å². The molecule has 1 unspecified atom stereocenters. The van der Waals surface area contributed by atoms with E-state index in [1.807, 2.05) is 27.7 Å². The van der Waals surface area contributed by atoms with E-state index < -0.39 is 46.0 Å². The van der Waals surface area contributed by atoms with E-state index >= 15 is 0 Å². The molecule has 35 heavy (non-hydrogen) atoms. The van der Waals surface area contributed by atoms with E-state index in [4.69, 9.17) is 9.47 Å². The summed E-state index contributed by atoms with van der Waals surface area (Å²) < 4.78 is 11.8. The maximum absolute atomic E-state index is 13.6. The highest BCUT2D eigenvalue weighted by Crippen LogP contribution is 2.80. The number of hydrogen-bond acceptors (Lipinski definition) is 7. The van der Waals surface area contributed by atoms with E-state index in [9.17, 15) is 24.6 Å². The van der Waals surface area contributed by atoms with Crippen molar-refractivity contribution in [2.24, 2.45) is 28.1 Å². The topological polar surface area (TPSA) is 110 Å². The van der Waals surface area contributed by atoms with Gasteiger partial charge < -0.3 is 19.7 Å². The predicted molar refractivity (Wildman–Crippen MR) is 126 cm³/mol. The van der Waals surface area contributed by atoms with E-state index in [0.29, 0.717) is 29.7 Å². The van der Waals surface area contributed by atoms with Gasteiger partial charge in [-0.25, -0.2) is 4.79 Å². The largest absolute Gasteiger partial charge is 0.451 e. The summed E-state index contributed by atoms with van der Waals surface area (Å²) in [6.07, 6.45) is -1.06. The van der Waals surface area contributed by atoms with Crippen LogP contribution in [-0.4, -0.2) is 45.7 Å². The molecule has 0 radical (unpaired) electrons. The fourth-order valence-corrected chi connectivity index (χ4v) is 8.61. The third-order valence-corrected chi connectivity index (χ3v) is 10.3. The molecule has 3 fully saturated rings. The number of fused-ring (bicyclic) bond motifs is 1. The van der Waals surface area contributed by atoms with Gasteiger partial charge in [-0.15, -0.1) is 0 Å². The van der Waals surface area contributed by atoms with Crippen LogP contribution in [0.15, 0.2) is 41.7 Å². The molecule has 0 aromatic heterocycles. The van der Waals surface area contributed by atoms with Gasteiger partial charge in [0.05, 0.1) is 11.7 Å². The van der Waals surface area contributed by atoms with Crippen molar-refractivity contribution in [3.8, 4) is 0 Å². The highest BCUT2D eigenvalue weighted by Gasteiger charge is 2.83. The van der Waals surface area contributed by atoms with Gasteiger partial charge in [0.1, 0.15) is 17.1 Å². The zero-order chi connectivity index (χ0) is 25.6. The lowest BCUT2D eigenvalue weighted by Gasteiger charge is -2.73. The summed E-state index contributed by atoms with van der Waals surface area (Å²) >= 11 is 0. The van der Waals surface area contributed by atoms with Crippen LogP contribution in [0.1, 0.15) is 70.7 Å². The van der Waals surface area contributed by atoms with Crippen molar-refractivity contribution in [3.05, 3.63) is 47.2 Å². The van der Waals surface area contributed by atoms with Crippen LogP contribution >= 0.6 is 0 Å². The molecule has 188 valence electrons. The number of rotatable bonds is 3. The van der Waals surface area contributed by atoms with Gasteiger partial charge in [-0.2, -0.15) is 0 Å². The molecule has 4 aliphatic carbocycles. The Hall–Kier alpha value is -2.51. The summed E-state index contributed by atoms with van der Waals surface area (Å²) in [5.41, 5.74) is -3.42. The second kappa shape index (κ2) is 7.50. The van der Waals surface area contributed by atoms with Crippen molar-refractivity contribution in [2.75, 3.05) is 0 Å². The molecule has 1 aromatic carbocycles. The molecule has 3 saturated carbocycles. The molecule has 7 heteroatoms. The first-order valence-electron chi connectivity index (χ1n) is 12.4. The number of allylic oxidation sites excluding steroid dienone is 1. The third kappa shape index (κ3) is 2.77. The SMILES string of the molecule is CC(=O)OC1=C2[C@H](OC(=O)c3ccccc3)[C@]3(O)C[C@H](O)[C@@H](C)C4(CC(=O)[C@H](CC1)[C@]24C)C3(C)C. The summed E-state index contributed by atoms with van der Waals surface area (Å²) in [5.74, 6) is -1.36. The molecule has 0 saturated heterocycles. The molecule has 0 heterocycles. The highest BCUT2D eigenvalue weighted by molar-refractivity contribution is 5.91. The van der Waals surface area contributed by atoms with Crippen LogP contribution < -0.4 is 0 Å². The molecule has 5 rings (SSSR count). The molecule has 1 aromatic rings. The lowest BCUT2D eigenvalue weighted by atomic mass is 9.32. The molecule has 2 N–H and O–H groups in total. The molecular formula is C28H34O7. The number of ether oxygens (including phenoxy) is 2. The standard InChI is InChI=1S/C28H34O7/c1-15-19(30)14-28(33)23(35-24(32)17-9-7-6-8-10-17)22-21(34-16(2)29)12-11-18-20(31)13-27(15,25(28,3)4)26(18,22)5/h6-10,15,18-19,23,30,33H,11-14H2,1-5H3/t15-,18+,19+,23+,26-,27?,28-/m1/s1. The number of esters is 2. The first kappa shape index (κ1) is 24.2. The number of carbonyl (C=O) groups is 3. The van der Waals surface area contributed by atoms with Crippen LogP contribution in [0.3, 0.4) is 0 Å². The average Bonchev–Trinajstić information content (AvgIpc) is 3.03. The van der Waals surface area contributed by atoms with Gasteiger partial charge in [0.25, 0.3) is 0 Å². The van der Waals surface area contributed by atoms with Gasteiger partial charge in [0.2, 0.25) is 0 Å². The van der Waals surface area contributed by atoms with Crippen molar-refractivity contribution in [1.82, 2.24) is 0 Å². The Morgan fingerprint density at radius 2 is 1.77 bits per heavy atom. The van der Waals surface area contributed by atoms with E-state index in [1.54, 1.807) is 30.3 Å². The lowest BCUT2D eigenvalue weighted by molar-refractivity contribution is -0.304. The normalized spacial score (nSPS) is 41.3. The number of hydrogen-bond donors (Lipinski definition) is 2. The molecule has 1 spiro atoms. The number of ketones is 1. The quantitative estimate of drug-likeness (QED) is 0.634. The minimum Gasteiger partial charge on any atom is -0.451 e. The van der Waals surface area contributed by atoms with Crippen LogP contribution in [-0.2, 0) is 19.1 Å². The highest BCUT2D eigenvalue weighted by atomic mass is 16.6. The van der Waals surface area contributed by atoms with E-state index in [0.717, 1.165) is 0 Å². The second-order valence-electron chi connectivity index (χ2n) is 11.6. The first-order chi connectivity index (χ1) is 16.3. The smallest absolute Gasteiger partial charge is 0.338 e. The van der Waals surface area contributed by atoms with Gasteiger partial charge in [-0.1, -0.05) is 45.9 Å². The van der Waals surface area contributed by atoms with E-state index in [2.05, 4.69) is 0 Å². The summed E-state index contributed by atoms with van der Waals surface area (Å²) in [4.78, 5) is 39.0. The Balaban J connectivity index is 1.80. The molecular weight excluding hydrogens is 448 g/mol. The number of carbonyl (C=O) groups excluding carboxylic acids is 3. The van der Waals surface area contributed by atoms with Crippen LogP contribution in [0.2, 0.25) is 0 Å². The number of benzene rings is 1. The first-order valence-corrected chi connectivity index (χ1v) is 12.4. The lowest BCUT2D eigenvalue weighted by Crippen LogP contribution is -2.77. The number of aliphatic hydroxyl groups excluding tert-OH is 1. The van der Waals surface area contributed by atoms with E-state index in [1.165, 1.54) is 6.92 Å².